The first-order valence-corrected chi connectivity index (χ1v) is 8.66. The quantitative estimate of drug-likeness (QED) is 0.376. The molecule has 0 unspecified atom stereocenters. The zero-order valence-corrected chi connectivity index (χ0v) is 15.8. The zero-order chi connectivity index (χ0) is 18.5. The van der Waals surface area contributed by atoms with E-state index in [4.69, 9.17) is 0 Å². The summed E-state index contributed by atoms with van der Waals surface area (Å²) in [6.45, 7) is 3.54. The van der Waals surface area contributed by atoms with Crippen LogP contribution in [-0.2, 0) is 0 Å². The van der Waals surface area contributed by atoms with Crippen molar-refractivity contribution in [3.05, 3.63) is 70.5 Å². The number of aryl methyl sites for hydroxylation is 1. The molecule has 0 amide bonds. The molecule has 26 heavy (non-hydrogen) atoms. The molecule has 0 spiro atoms. The lowest BCUT2D eigenvalue weighted by molar-refractivity contribution is 0.320. The van der Waals surface area contributed by atoms with Crippen LogP contribution in [0.5, 0.6) is 0 Å². The molecule has 0 atom stereocenters. The summed E-state index contributed by atoms with van der Waals surface area (Å²) in [4.78, 5) is 1.50. The molecule has 8 heteroatoms. The first kappa shape index (κ1) is 17.8. The lowest BCUT2D eigenvalue weighted by Gasteiger charge is -2.04. The summed E-state index contributed by atoms with van der Waals surface area (Å²) in [5.41, 5.74) is 6.41. The zero-order valence-electron chi connectivity index (χ0n) is 14.3. The minimum atomic E-state index is 0.257. The predicted octanol–water partition coefficient (Wildman–Crippen LogP) is 4.00. The Labute approximate surface area is 159 Å². The number of hydrazone groups is 1. The molecule has 0 aliphatic heterocycles. The van der Waals surface area contributed by atoms with Gasteiger partial charge in [0.25, 0.3) is 0 Å². The van der Waals surface area contributed by atoms with E-state index in [1.165, 1.54) is 4.80 Å². The summed E-state index contributed by atoms with van der Waals surface area (Å²) in [7, 11) is 0. The van der Waals surface area contributed by atoms with Crippen molar-refractivity contribution in [3.8, 4) is 5.69 Å². The number of nitrogens with one attached hydrogen (secondary N) is 1. The highest BCUT2D eigenvalue weighted by Gasteiger charge is 2.18. The Balaban J connectivity index is 1.87. The van der Waals surface area contributed by atoms with Crippen molar-refractivity contribution in [2.45, 2.75) is 13.8 Å². The summed E-state index contributed by atoms with van der Waals surface area (Å²) in [5.74, 6) is 0. The third-order valence-corrected chi connectivity index (χ3v) is 4.11. The number of oxime groups is 1. The van der Waals surface area contributed by atoms with Crippen LogP contribution in [0.2, 0.25) is 0 Å². The molecular formula is C18H17BrN6O. The molecular weight excluding hydrogens is 396 g/mol. The molecule has 132 valence electrons. The van der Waals surface area contributed by atoms with Gasteiger partial charge in [-0.25, -0.2) is 0 Å². The number of hydrogen-bond acceptors (Lipinski definition) is 6. The van der Waals surface area contributed by atoms with Crippen molar-refractivity contribution in [1.29, 1.82) is 0 Å². The van der Waals surface area contributed by atoms with Gasteiger partial charge in [-0.1, -0.05) is 45.4 Å². The Kier molecular flexibility index (Phi) is 5.43. The number of halogens is 1. The van der Waals surface area contributed by atoms with Gasteiger partial charge in [-0.05, 0) is 44.2 Å². The smallest absolute Gasteiger partial charge is 0.155 e. The van der Waals surface area contributed by atoms with Crippen molar-refractivity contribution in [1.82, 2.24) is 15.0 Å². The third-order valence-electron chi connectivity index (χ3n) is 3.61. The van der Waals surface area contributed by atoms with Crippen LogP contribution >= 0.6 is 15.9 Å². The summed E-state index contributed by atoms with van der Waals surface area (Å²) < 4.78 is 0.938. The van der Waals surface area contributed by atoms with Gasteiger partial charge in [-0.2, -0.15) is 15.0 Å². The molecule has 0 radical (unpaired) electrons. The van der Waals surface area contributed by atoms with E-state index in [1.54, 1.807) is 6.92 Å². The maximum Gasteiger partial charge on any atom is 0.155 e. The van der Waals surface area contributed by atoms with E-state index < -0.39 is 0 Å². The highest BCUT2D eigenvalue weighted by atomic mass is 79.9. The van der Waals surface area contributed by atoms with Crippen LogP contribution in [0.15, 0.2) is 69.3 Å². The average Bonchev–Trinajstić information content (AvgIpc) is 3.03. The molecule has 7 nitrogen and oxygen atoms in total. The summed E-state index contributed by atoms with van der Waals surface area (Å²) >= 11 is 3.41. The number of hydrogen-bond donors (Lipinski definition) is 2. The molecule has 1 heterocycles. The van der Waals surface area contributed by atoms with Gasteiger partial charge in [0.1, 0.15) is 5.69 Å². The van der Waals surface area contributed by atoms with Crippen molar-refractivity contribution < 1.29 is 5.21 Å². The Morgan fingerprint density at radius 2 is 1.88 bits per heavy atom. The molecule has 1 aromatic heterocycles. The summed E-state index contributed by atoms with van der Waals surface area (Å²) in [6.07, 6.45) is 0. The van der Waals surface area contributed by atoms with Crippen LogP contribution in [0, 0.1) is 6.92 Å². The maximum atomic E-state index is 9.49. The highest BCUT2D eigenvalue weighted by molar-refractivity contribution is 9.10. The lowest BCUT2D eigenvalue weighted by Crippen LogP contribution is -2.16. The van der Waals surface area contributed by atoms with Crippen molar-refractivity contribution in [3.63, 3.8) is 0 Å². The molecule has 2 N–H and O–H groups in total. The number of rotatable bonds is 5. The van der Waals surface area contributed by atoms with Gasteiger partial charge in [0.15, 0.2) is 5.71 Å². The molecule has 3 rings (SSSR count). The fourth-order valence-electron chi connectivity index (χ4n) is 2.32. The summed E-state index contributed by atoms with van der Waals surface area (Å²) in [6, 6.07) is 17.1. The molecule has 0 bridgehead atoms. The Bertz CT molecular complexity index is 965. The van der Waals surface area contributed by atoms with Gasteiger partial charge in [0, 0.05) is 4.47 Å². The fraction of sp³-hybridized carbons (Fsp3) is 0.111. The Morgan fingerprint density at radius 3 is 2.58 bits per heavy atom. The molecule has 0 saturated heterocycles. The van der Waals surface area contributed by atoms with Gasteiger partial charge < -0.3 is 5.21 Å². The van der Waals surface area contributed by atoms with Crippen LogP contribution in [0.3, 0.4) is 0 Å². The van der Waals surface area contributed by atoms with Crippen LogP contribution in [0.4, 0.5) is 5.69 Å². The van der Waals surface area contributed by atoms with Crippen molar-refractivity contribution >= 4 is 33.0 Å². The van der Waals surface area contributed by atoms with Gasteiger partial charge in [0.2, 0.25) is 0 Å². The second-order valence-electron chi connectivity index (χ2n) is 5.53. The number of anilines is 1. The monoisotopic (exact) mass is 412 g/mol. The first-order valence-electron chi connectivity index (χ1n) is 7.86. The molecule has 0 aliphatic carbocycles. The standard InChI is InChI=1S/C18H17BrN6O/c1-12(20-21-15-8-6-7-14(19)11-15)18(24-26)17-13(2)22-25(23-17)16-9-4-3-5-10-16/h3-11,21,26H,1-2H3/b20-12+,24-18-. The van der Waals surface area contributed by atoms with E-state index in [1.807, 2.05) is 61.5 Å². The molecule has 0 saturated carbocycles. The second-order valence-corrected chi connectivity index (χ2v) is 6.44. The van der Waals surface area contributed by atoms with Gasteiger partial charge >= 0.3 is 0 Å². The average molecular weight is 413 g/mol. The molecule has 0 fully saturated rings. The molecule has 2 aromatic carbocycles. The topological polar surface area (TPSA) is 87.7 Å². The van der Waals surface area contributed by atoms with E-state index >= 15 is 0 Å². The number of benzene rings is 2. The van der Waals surface area contributed by atoms with Crippen LogP contribution < -0.4 is 5.43 Å². The van der Waals surface area contributed by atoms with E-state index in [-0.39, 0.29) is 5.71 Å². The predicted molar refractivity (Wildman–Crippen MR) is 105 cm³/mol. The van der Waals surface area contributed by atoms with Crippen molar-refractivity contribution in [2.75, 3.05) is 5.43 Å². The minimum Gasteiger partial charge on any atom is -0.410 e. The minimum absolute atomic E-state index is 0.257. The van der Waals surface area contributed by atoms with Gasteiger partial charge in [-0.3, -0.25) is 5.43 Å². The van der Waals surface area contributed by atoms with Crippen LogP contribution in [0.1, 0.15) is 18.3 Å². The van der Waals surface area contributed by atoms with E-state index in [0.29, 0.717) is 17.1 Å². The SMILES string of the molecule is CC(=N\Nc1cccc(Br)c1)/C(=N/O)c1nn(-c2ccccc2)nc1C. The Hall–Kier alpha value is -3.00. The first-order chi connectivity index (χ1) is 12.6. The molecule has 3 aromatic rings. The lowest BCUT2D eigenvalue weighted by atomic mass is 10.1. The van der Waals surface area contributed by atoms with Crippen molar-refractivity contribution in [2.24, 2.45) is 10.3 Å². The number of para-hydroxylation sites is 1. The van der Waals surface area contributed by atoms with E-state index in [2.05, 4.69) is 41.8 Å². The van der Waals surface area contributed by atoms with E-state index in [0.717, 1.165) is 15.8 Å². The number of aromatic nitrogens is 3. The summed E-state index contributed by atoms with van der Waals surface area (Å²) in [5, 5.41) is 26.0. The fourth-order valence-corrected chi connectivity index (χ4v) is 2.72. The Morgan fingerprint density at radius 1 is 1.12 bits per heavy atom. The highest BCUT2D eigenvalue weighted by Crippen LogP contribution is 2.16. The third kappa shape index (κ3) is 3.97. The molecule has 0 aliphatic rings. The van der Waals surface area contributed by atoms with Crippen LogP contribution in [-0.4, -0.2) is 31.6 Å². The van der Waals surface area contributed by atoms with Gasteiger partial charge in [-0.15, -0.1) is 5.10 Å². The normalized spacial score (nSPS) is 12.3. The maximum absolute atomic E-state index is 9.49. The number of nitrogens with zero attached hydrogens (tertiary/aromatic N) is 5. The largest absolute Gasteiger partial charge is 0.410 e. The van der Waals surface area contributed by atoms with Gasteiger partial charge in [0.05, 0.1) is 22.8 Å². The second kappa shape index (κ2) is 7.92. The van der Waals surface area contributed by atoms with Crippen LogP contribution in [0.25, 0.3) is 5.69 Å². The van der Waals surface area contributed by atoms with E-state index in [9.17, 15) is 5.21 Å².